The molecule has 0 aliphatic heterocycles. The Morgan fingerprint density at radius 3 is 2.11 bits per heavy atom. The van der Waals surface area contributed by atoms with Crippen LogP contribution in [0.4, 0.5) is 5.69 Å². The molecule has 0 spiro atoms. The predicted octanol–water partition coefficient (Wildman–Crippen LogP) is 4.81. The van der Waals surface area contributed by atoms with Crippen molar-refractivity contribution in [3.8, 4) is 0 Å². The number of sulfonamides is 1. The number of halogens is 1. The quantitative estimate of drug-likeness (QED) is 0.370. The number of hydrogen-bond acceptors (Lipinski definition) is 4. The van der Waals surface area contributed by atoms with Gasteiger partial charge in [0.05, 0.1) is 10.6 Å². The molecule has 3 aromatic rings. The highest BCUT2D eigenvalue weighted by molar-refractivity contribution is 9.10. The zero-order valence-electron chi connectivity index (χ0n) is 21.4. The minimum atomic E-state index is -4.09. The minimum absolute atomic E-state index is 0.0766. The molecule has 3 rings (SSSR count). The van der Waals surface area contributed by atoms with Gasteiger partial charge in [-0.05, 0) is 63.6 Å². The van der Waals surface area contributed by atoms with Gasteiger partial charge in [-0.1, -0.05) is 69.5 Å². The third-order valence-electron chi connectivity index (χ3n) is 5.98. The summed E-state index contributed by atoms with van der Waals surface area (Å²) in [5, 5.41) is 2.76. The standard InChI is InChI=1S/C28H32BrN3O4S/c1-5-30-28(34)22(4)31(18-23-13-9-20(2)10-14-23)27(33)19-32(25-8-6-7-24(29)17-25)37(35,36)26-15-11-21(3)12-16-26/h6-17,22H,5,18-19H2,1-4H3,(H,30,34)/t22-/m0/s1. The average Bonchev–Trinajstić information content (AvgIpc) is 2.86. The van der Waals surface area contributed by atoms with Gasteiger partial charge in [-0.3, -0.25) is 13.9 Å². The molecule has 0 radical (unpaired) electrons. The molecule has 7 nitrogen and oxygen atoms in total. The van der Waals surface area contributed by atoms with Crippen molar-refractivity contribution in [2.75, 3.05) is 17.4 Å². The van der Waals surface area contributed by atoms with Crippen molar-refractivity contribution in [2.45, 2.75) is 45.2 Å². The number of anilines is 1. The van der Waals surface area contributed by atoms with Gasteiger partial charge in [0.2, 0.25) is 11.8 Å². The Morgan fingerprint density at radius 2 is 1.54 bits per heavy atom. The molecule has 196 valence electrons. The molecule has 0 heterocycles. The van der Waals surface area contributed by atoms with Gasteiger partial charge < -0.3 is 10.2 Å². The molecule has 0 aromatic heterocycles. The first-order valence-electron chi connectivity index (χ1n) is 12.0. The van der Waals surface area contributed by atoms with Crippen LogP contribution in [0.1, 0.15) is 30.5 Å². The van der Waals surface area contributed by atoms with Crippen molar-refractivity contribution in [1.82, 2.24) is 10.2 Å². The molecule has 0 aliphatic carbocycles. The Balaban J connectivity index is 2.02. The fourth-order valence-electron chi connectivity index (χ4n) is 3.79. The first-order chi connectivity index (χ1) is 17.5. The van der Waals surface area contributed by atoms with E-state index in [4.69, 9.17) is 0 Å². The second-order valence-electron chi connectivity index (χ2n) is 8.88. The molecule has 0 fully saturated rings. The molecule has 1 atom stereocenters. The number of likely N-dealkylation sites (N-methyl/N-ethyl adjacent to an activating group) is 1. The van der Waals surface area contributed by atoms with Crippen molar-refractivity contribution >= 4 is 43.5 Å². The molecule has 0 bridgehead atoms. The Labute approximate surface area is 227 Å². The predicted molar refractivity (Wildman–Crippen MR) is 150 cm³/mol. The van der Waals surface area contributed by atoms with Crippen LogP contribution >= 0.6 is 15.9 Å². The van der Waals surface area contributed by atoms with Crippen molar-refractivity contribution in [2.24, 2.45) is 0 Å². The number of carbonyl (C=O) groups excluding carboxylic acids is 2. The third kappa shape index (κ3) is 7.20. The summed E-state index contributed by atoms with van der Waals surface area (Å²) in [6.07, 6.45) is 0. The second kappa shape index (κ2) is 12.4. The molecule has 0 saturated carbocycles. The van der Waals surface area contributed by atoms with E-state index in [1.165, 1.54) is 17.0 Å². The second-order valence-corrected chi connectivity index (χ2v) is 11.7. The van der Waals surface area contributed by atoms with E-state index in [-0.39, 0.29) is 17.3 Å². The fourth-order valence-corrected chi connectivity index (χ4v) is 5.59. The van der Waals surface area contributed by atoms with Gasteiger partial charge >= 0.3 is 0 Å². The van der Waals surface area contributed by atoms with Gasteiger partial charge in [0.1, 0.15) is 12.6 Å². The number of hydrogen-bond donors (Lipinski definition) is 1. The zero-order chi connectivity index (χ0) is 27.2. The summed E-state index contributed by atoms with van der Waals surface area (Å²) in [5.74, 6) is -0.798. The number of amides is 2. The molecule has 1 N–H and O–H groups in total. The lowest BCUT2D eigenvalue weighted by molar-refractivity contribution is -0.139. The van der Waals surface area contributed by atoms with Crippen LogP contribution in [0.25, 0.3) is 0 Å². The number of rotatable bonds is 10. The zero-order valence-corrected chi connectivity index (χ0v) is 23.8. The van der Waals surface area contributed by atoms with Crippen LogP contribution in [0.2, 0.25) is 0 Å². The summed E-state index contributed by atoms with van der Waals surface area (Å²) in [5.41, 5.74) is 3.17. The monoisotopic (exact) mass is 585 g/mol. The average molecular weight is 587 g/mol. The molecule has 0 saturated heterocycles. The van der Waals surface area contributed by atoms with Crippen LogP contribution in [0.15, 0.2) is 82.2 Å². The number of nitrogens with zero attached hydrogens (tertiary/aromatic N) is 2. The third-order valence-corrected chi connectivity index (χ3v) is 8.26. The maximum absolute atomic E-state index is 13.8. The number of carbonyl (C=O) groups is 2. The normalized spacial score (nSPS) is 12.0. The van der Waals surface area contributed by atoms with E-state index >= 15 is 0 Å². The van der Waals surface area contributed by atoms with Crippen LogP contribution < -0.4 is 9.62 Å². The molecule has 2 amide bonds. The van der Waals surface area contributed by atoms with E-state index in [1.54, 1.807) is 50.2 Å². The van der Waals surface area contributed by atoms with E-state index in [9.17, 15) is 18.0 Å². The lowest BCUT2D eigenvalue weighted by Gasteiger charge is -2.32. The number of nitrogens with one attached hydrogen (secondary N) is 1. The van der Waals surface area contributed by atoms with Crippen LogP contribution in [0.3, 0.4) is 0 Å². The summed E-state index contributed by atoms with van der Waals surface area (Å²) >= 11 is 3.40. The topological polar surface area (TPSA) is 86.8 Å². The Kier molecular flexibility index (Phi) is 9.50. The summed E-state index contributed by atoms with van der Waals surface area (Å²) in [7, 11) is -4.09. The molecule has 3 aromatic carbocycles. The van der Waals surface area contributed by atoms with Crippen LogP contribution in [-0.4, -0.2) is 44.3 Å². The van der Waals surface area contributed by atoms with Gasteiger partial charge in [-0.15, -0.1) is 0 Å². The summed E-state index contributed by atoms with van der Waals surface area (Å²) in [6.45, 7) is 7.40. The van der Waals surface area contributed by atoms with E-state index in [0.29, 0.717) is 16.7 Å². The molecule has 9 heteroatoms. The summed E-state index contributed by atoms with van der Waals surface area (Å²) in [6, 6.07) is 20.1. The maximum atomic E-state index is 13.8. The lowest BCUT2D eigenvalue weighted by Crippen LogP contribution is -2.51. The van der Waals surface area contributed by atoms with Gasteiger partial charge in [0.25, 0.3) is 10.0 Å². The van der Waals surface area contributed by atoms with Crippen LogP contribution in [0.5, 0.6) is 0 Å². The van der Waals surface area contributed by atoms with Crippen LogP contribution in [0, 0.1) is 13.8 Å². The van der Waals surface area contributed by atoms with Crippen LogP contribution in [-0.2, 0) is 26.2 Å². The maximum Gasteiger partial charge on any atom is 0.264 e. The van der Waals surface area contributed by atoms with E-state index in [0.717, 1.165) is 21.0 Å². The van der Waals surface area contributed by atoms with E-state index < -0.39 is 28.5 Å². The van der Waals surface area contributed by atoms with Gasteiger partial charge in [-0.2, -0.15) is 0 Å². The largest absolute Gasteiger partial charge is 0.355 e. The molecule has 37 heavy (non-hydrogen) atoms. The number of aryl methyl sites for hydroxylation is 2. The summed E-state index contributed by atoms with van der Waals surface area (Å²) < 4.78 is 29.3. The Morgan fingerprint density at radius 1 is 0.946 bits per heavy atom. The first kappa shape index (κ1) is 28.4. The van der Waals surface area contributed by atoms with Crippen molar-refractivity contribution in [1.29, 1.82) is 0 Å². The van der Waals surface area contributed by atoms with Crippen molar-refractivity contribution in [3.05, 3.63) is 94.0 Å². The highest BCUT2D eigenvalue weighted by Gasteiger charge is 2.32. The Bertz CT molecular complexity index is 1340. The van der Waals surface area contributed by atoms with Gasteiger partial charge in [0, 0.05) is 17.6 Å². The molecular formula is C28H32BrN3O4S. The van der Waals surface area contributed by atoms with Crippen molar-refractivity contribution < 1.29 is 18.0 Å². The summed E-state index contributed by atoms with van der Waals surface area (Å²) in [4.78, 5) is 28.0. The highest BCUT2D eigenvalue weighted by atomic mass is 79.9. The lowest BCUT2D eigenvalue weighted by atomic mass is 10.1. The van der Waals surface area contributed by atoms with E-state index in [2.05, 4.69) is 21.2 Å². The highest BCUT2D eigenvalue weighted by Crippen LogP contribution is 2.27. The molecule has 0 aliphatic rings. The van der Waals surface area contributed by atoms with E-state index in [1.807, 2.05) is 38.1 Å². The van der Waals surface area contributed by atoms with Gasteiger partial charge in [0.15, 0.2) is 0 Å². The SMILES string of the molecule is CCNC(=O)[C@H](C)N(Cc1ccc(C)cc1)C(=O)CN(c1cccc(Br)c1)S(=O)(=O)c1ccc(C)cc1. The van der Waals surface area contributed by atoms with Crippen molar-refractivity contribution in [3.63, 3.8) is 0 Å². The molecule has 0 unspecified atom stereocenters. The number of benzene rings is 3. The Hall–Kier alpha value is -3.17. The van der Waals surface area contributed by atoms with Gasteiger partial charge in [-0.25, -0.2) is 8.42 Å². The minimum Gasteiger partial charge on any atom is -0.355 e. The molecular weight excluding hydrogens is 554 g/mol. The smallest absolute Gasteiger partial charge is 0.264 e. The first-order valence-corrected chi connectivity index (χ1v) is 14.2. The fraction of sp³-hybridized carbons (Fsp3) is 0.286.